The van der Waals surface area contributed by atoms with Crippen LogP contribution in [0.5, 0.6) is 0 Å². The van der Waals surface area contributed by atoms with E-state index in [1.54, 1.807) is 0 Å². The summed E-state index contributed by atoms with van der Waals surface area (Å²) in [6.07, 6.45) is 12.7. The van der Waals surface area contributed by atoms with E-state index in [1.165, 1.54) is 6.21 Å². The van der Waals surface area contributed by atoms with Crippen LogP contribution in [0, 0.1) is 5.41 Å². The summed E-state index contributed by atoms with van der Waals surface area (Å²) in [5.74, 6) is -0.750. The highest BCUT2D eigenvalue weighted by atomic mass is 16.4. The van der Waals surface area contributed by atoms with E-state index in [2.05, 4.69) is 0 Å². The van der Waals surface area contributed by atoms with Gasteiger partial charge in [-0.05, 0) is 31.9 Å². The van der Waals surface area contributed by atoms with Crippen LogP contribution in [0.2, 0.25) is 0 Å². The molecule has 3 nitrogen and oxygen atoms in total. The van der Waals surface area contributed by atoms with E-state index in [-0.39, 0.29) is 6.42 Å². The molecule has 3 heteroatoms. The van der Waals surface area contributed by atoms with Crippen LogP contribution in [0.25, 0.3) is 0 Å². The molecule has 0 aromatic rings. The molecule has 0 aromatic carbocycles. The number of nitrogens with one attached hydrogen (secondary N) is 1. The first kappa shape index (κ1) is 12.6. The summed E-state index contributed by atoms with van der Waals surface area (Å²) in [6.45, 7) is 0. The van der Waals surface area contributed by atoms with Crippen molar-refractivity contribution in [3.63, 3.8) is 0 Å². The van der Waals surface area contributed by atoms with E-state index < -0.39 is 5.97 Å². The van der Waals surface area contributed by atoms with Crippen LogP contribution < -0.4 is 0 Å². The molecule has 0 aliphatic rings. The maximum atomic E-state index is 10.1. The number of allylic oxidation sites excluding steroid dienone is 4. The lowest BCUT2D eigenvalue weighted by atomic mass is 10.2. The minimum absolute atomic E-state index is 0.208. The van der Waals surface area contributed by atoms with Gasteiger partial charge in [0, 0.05) is 6.42 Å². The first-order chi connectivity index (χ1) is 6.77. The zero-order valence-corrected chi connectivity index (χ0v) is 8.28. The topological polar surface area (TPSA) is 61.2 Å². The average molecular weight is 195 g/mol. The SMILES string of the molecule is N=CC/C=C/CC/C=C/CCC(=O)O. The van der Waals surface area contributed by atoms with Crippen molar-refractivity contribution in [3.8, 4) is 0 Å². The van der Waals surface area contributed by atoms with Gasteiger partial charge < -0.3 is 10.5 Å². The molecule has 2 N–H and O–H groups in total. The highest BCUT2D eigenvalue weighted by Gasteiger charge is 1.90. The zero-order chi connectivity index (χ0) is 10.6. The monoisotopic (exact) mass is 195 g/mol. The highest BCUT2D eigenvalue weighted by molar-refractivity contribution is 5.66. The lowest BCUT2D eigenvalue weighted by molar-refractivity contribution is -0.136. The lowest BCUT2D eigenvalue weighted by Gasteiger charge is -1.88. The number of rotatable bonds is 8. The summed E-state index contributed by atoms with van der Waals surface area (Å²) in [5, 5.41) is 15.1. The summed E-state index contributed by atoms with van der Waals surface area (Å²) in [6, 6.07) is 0. The first-order valence-corrected chi connectivity index (χ1v) is 4.78. The minimum Gasteiger partial charge on any atom is -0.481 e. The van der Waals surface area contributed by atoms with Crippen LogP contribution in [0.3, 0.4) is 0 Å². The van der Waals surface area contributed by atoms with E-state index in [9.17, 15) is 4.79 Å². The van der Waals surface area contributed by atoms with Gasteiger partial charge in [-0.2, -0.15) is 0 Å². The summed E-state index contributed by atoms with van der Waals surface area (Å²) in [5.41, 5.74) is 0. The van der Waals surface area contributed by atoms with Gasteiger partial charge >= 0.3 is 5.97 Å². The van der Waals surface area contributed by atoms with E-state index in [0.717, 1.165) is 12.8 Å². The Hall–Kier alpha value is -1.38. The van der Waals surface area contributed by atoms with Gasteiger partial charge in [0.1, 0.15) is 0 Å². The molecule has 78 valence electrons. The van der Waals surface area contributed by atoms with Crippen LogP contribution in [0.1, 0.15) is 32.1 Å². The highest BCUT2D eigenvalue weighted by Crippen LogP contribution is 1.97. The van der Waals surface area contributed by atoms with Gasteiger partial charge in [-0.1, -0.05) is 24.3 Å². The Morgan fingerprint density at radius 3 is 2.21 bits per heavy atom. The summed E-state index contributed by atoms with van der Waals surface area (Å²) >= 11 is 0. The Kier molecular flexibility index (Phi) is 8.75. The van der Waals surface area contributed by atoms with Crippen molar-refractivity contribution in [3.05, 3.63) is 24.3 Å². The largest absolute Gasteiger partial charge is 0.481 e. The van der Waals surface area contributed by atoms with Crippen molar-refractivity contribution < 1.29 is 9.90 Å². The Morgan fingerprint density at radius 2 is 1.64 bits per heavy atom. The first-order valence-electron chi connectivity index (χ1n) is 4.78. The Bertz CT molecular complexity index is 219. The fourth-order valence-electron chi connectivity index (χ4n) is 0.917. The van der Waals surface area contributed by atoms with Crippen molar-refractivity contribution in [1.82, 2.24) is 0 Å². The number of carbonyl (C=O) groups is 1. The predicted octanol–water partition coefficient (Wildman–Crippen LogP) is 2.78. The molecule has 0 saturated heterocycles. The molecule has 0 radical (unpaired) electrons. The van der Waals surface area contributed by atoms with E-state index in [4.69, 9.17) is 10.5 Å². The summed E-state index contributed by atoms with van der Waals surface area (Å²) in [7, 11) is 0. The van der Waals surface area contributed by atoms with E-state index in [1.807, 2.05) is 24.3 Å². The smallest absolute Gasteiger partial charge is 0.303 e. The molecule has 14 heavy (non-hydrogen) atoms. The number of unbranched alkanes of at least 4 members (excludes halogenated alkanes) is 1. The van der Waals surface area contributed by atoms with Gasteiger partial charge in [-0.25, -0.2) is 0 Å². The van der Waals surface area contributed by atoms with Gasteiger partial charge in [0.15, 0.2) is 0 Å². The maximum absolute atomic E-state index is 10.1. The van der Waals surface area contributed by atoms with Gasteiger partial charge in [0.2, 0.25) is 0 Å². The Labute approximate surface area is 84.7 Å². The molecule has 0 saturated carbocycles. The molecule has 0 aliphatic carbocycles. The van der Waals surface area contributed by atoms with Crippen molar-refractivity contribution in [1.29, 1.82) is 5.41 Å². The second-order valence-electron chi connectivity index (χ2n) is 2.89. The molecule has 0 fully saturated rings. The number of hydrogen-bond acceptors (Lipinski definition) is 2. The molecule has 0 bridgehead atoms. The number of carboxylic acid groups (broad SMARTS) is 1. The Balaban J connectivity index is 3.26. The standard InChI is InChI=1S/C11H17NO2/c12-10-8-6-4-2-1-3-5-7-9-11(13)14/h3-6,10,12H,1-2,7-9H2,(H,13,14)/b5-3+,6-4+,12-10?. The third-order valence-corrected chi connectivity index (χ3v) is 1.61. The summed E-state index contributed by atoms with van der Waals surface area (Å²) in [4.78, 5) is 10.1. The molecular weight excluding hydrogens is 178 g/mol. The fraction of sp³-hybridized carbons (Fsp3) is 0.455. The number of hydrogen-bond donors (Lipinski definition) is 2. The van der Waals surface area contributed by atoms with Crippen molar-refractivity contribution in [2.24, 2.45) is 0 Å². The van der Waals surface area contributed by atoms with E-state index >= 15 is 0 Å². The molecule has 0 amide bonds. The number of aliphatic carboxylic acids is 1. The van der Waals surface area contributed by atoms with Crippen molar-refractivity contribution >= 4 is 12.2 Å². The molecule has 0 aromatic heterocycles. The van der Waals surface area contributed by atoms with Crippen molar-refractivity contribution in [2.75, 3.05) is 0 Å². The van der Waals surface area contributed by atoms with Crippen LogP contribution in [-0.2, 0) is 4.79 Å². The number of carboxylic acids is 1. The molecule has 0 spiro atoms. The van der Waals surface area contributed by atoms with Crippen LogP contribution in [0.4, 0.5) is 0 Å². The molecule has 0 atom stereocenters. The minimum atomic E-state index is -0.750. The van der Waals surface area contributed by atoms with Crippen LogP contribution in [-0.4, -0.2) is 17.3 Å². The molecule has 0 unspecified atom stereocenters. The van der Waals surface area contributed by atoms with Gasteiger partial charge in [-0.3, -0.25) is 4.79 Å². The second kappa shape index (κ2) is 9.71. The second-order valence-corrected chi connectivity index (χ2v) is 2.89. The lowest BCUT2D eigenvalue weighted by Crippen LogP contribution is -1.91. The quantitative estimate of drug-likeness (QED) is 0.355. The fourth-order valence-corrected chi connectivity index (χ4v) is 0.917. The third-order valence-electron chi connectivity index (χ3n) is 1.61. The third kappa shape index (κ3) is 10.6. The maximum Gasteiger partial charge on any atom is 0.303 e. The van der Waals surface area contributed by atoms with Crippen molar-refractivity contribution in [2.45, 2.75) is 32.1 Å². The molecule has 0 aliphatic heterocycles. The van der Waals surface area contributed by atoms with Gasteiger partial charge in [0.05, 0.1) is 0 Å². The van der Waals surface area contributed by atoms with Gasteiger partial charge in [-0.15, -0.1) is 0 Å². The van der Waals surface area contributed by atoms with E-state index in [0.29, 0.717) is 12.8 Å². The van der Waals surface area contributed by atoms with Crippen LogP contribution >= 0.6 is 0 Å². The summed E-state index contributed by atoms with van der Waals surface area (Å²) < 4.78 is 0. The van der Waals surface area contributed by atoms with Crippen LogP contribution in [0.15, 0.2) is 24.3 Å². The predicted molar refractivity (Wildman–Crippen MR) is 57.8 cm³/mol. The zero-order valence-electron chi connectivity index (χ0n) is 8.28. The average Bonchev–Trinajstić information content (AvgIpc) is 2.15. The molecule has 0 heterocycles. The normalized spacial score (nSPS) is 11.1. The molecule has 0 rings (SSSR count). The van der Waals surface area contributed by atoms with Gasteiger partial charge in [0.25, 0.3) is 0 Å². The Morgan fingerprint density at radius 1 is 1.07 bits per heavy atom. The molecular formula is C11H17NO2.